The van der Waals surface area contributed by atoms with Gasteiger partial charge in [0.2, 0.25) is 0 Å². The number of rotatable bonds is 2. The first kappa shape index (κ1) is 11.0. The monoisotopic (exact) mass is 246 g/mol. The molecule has 0 saturated carbocycles. The number of amides is 2. The molecule has 6 heteroatoms. The summed E-state index contributed by atoms with van der Waals surface area (Å²) in [6.45, 7) is 0.713. The zero-order valence-electron chi connectivity index (χ0n) is 9.77. The van der Waals surface area contributed by atoms with E-state index >= 15 is 0 Å². The van der Waals surface area contributed by atoms with Crippen LogP contribution in [0.15, 0.2) is 24.4 Å². The lowest BCUT2D eigenvalue weighted by atomic mass is 10.2. The average molecular weight is 246 g/mol. The molecule has 2 amide bonds. The van der Waals surface area contributed by atoms with Gasteiger partial charge in [-0.3, -0.25) is 5.10 Å². The number of hydrogen-bond donors (Lipinski definition) is 3. The topological polar surface area (TPSA) is 79.0 Å². The smallest absolute Gasteiger partial charge is 0.321 e. The van der Waals surface area contributed by atoms with Crippen molar-refractivity contribution in [3.05, 3.63) is 24.4 Å². The molecule has 1 unspecified atom stereocenters. The highest BCUT2D eigenvalue weighted by atomic mass is 16.5. The standard InChI is InChI=1S/C12H14N4O2/c17-12(15-11-2-1-5-18-11)14-9-4-3-8-7-13-16-10(8)6-9/h3-4,6-7,11H,1-2,5H2,(H,13,16)(H2,14,15,17). The Bertz CT molecular complexity index is 560. The first-order valence-electron chi connectivity index (χ1n) is 5.93. The van der Waals surface area contributed by atoms with Crippen molar-refractivity contribution in [3.63, 3.8) is 0 Å². The third-order valence-corrected chi connectivity index (χ3v) is 2.92. The number of nitrogens with zero attached hydrogens (tertiary/aromatic N) is 1. The third-order valence-electron chi connectivity index (χ3n) is 2.92. The Balaban J connectivity index is 1.65. The summed E-state index contributed by atoms with van der Waals surface area (Å²) < 4.78 is 5.33. The summed E-state index contributed by atoms with van der Waals surface area (Å²) in [6, 6.07) is 5.34. The highest BCUT2D eigenvalue weighted by Gasteiger charge is 2.17. The van der Waals surface area contributed by atoms with Gasteiger partial charge >= 0.3 is 6.03 Å². The number of aromatic nitrogens is 2. The van der Waals surface area contributed by atoms with E-state index in [1.807, 2.05) is 18.2 Å². The number of urea groups is 1. The average Bonchev–Trinajstić information content (AvgIpc) is 2.98. The molecule has 3 rings (SSSR count). The second kappa shape index (κ2) is 4.66. The van der Waals surface area contributed by atoms with E-state index in [0.717, 1.165) is 29.4 Å². The molecule has 1 atom stereocenters. The Labute approximate surface area is 104 Å². The van der Waals surface area contributed by atoms with Crippen LogP contribution in [-0.4, -0.2) is 29.1 Å². The molecule has 0 spiro atoms. The van der Waals surface area contributed by atoms with Crippen LogP contribution in [0.25, 0.3) is 10.9 Å². The third kappa shape index (κ3) is 2.28. The molecule has 1 fully saturated rings. The van der Waals surface area contributed by atoms with Crippen LogP contribution < -0.4 is 10.6 Å². The van der Waals surface area contributed by atoms with E-state index < -0.39 is 0 Å². The molecule has 0 bridgehead atoms. The fraction of sp³-hybridized carbons (Fsp3) is 0.333. The molecule has 2 aromatic rings. The van der Waals surface area contributed by atoms with Crippen LogP contribution in [0.4, 0.5) is 10.5 Å². The fourth-order valence-electron chi connectivity index (χ4n) is 2.02. The number of carbonyl (C=O) groups excluding carboxylic acids is 1. The molecule has 0 aliphatic carbocycles. The highest BCUT2D eigenvalue weighted by Crippen LogP contribution is 2.16. The van der Waals surface area contributed by atoms with Crippen molar-refractivity contribution >= 4 is 22.6 Å². The maximum atomic E-state index is 11.7. The lowest BCUT2D eigenvalue weighted by Gasteiger charge is -2.12. The van der Waals surface area contributed by atoms with Crippen molar-refractivity contribution in [2.24, 2.45) is 0 Å². The van der Waals surface area contributed by atoms with Gasteiger partial charge in [-0.1, -0.05) is 0 Å². The predicted octanol–water partition coefficient (Wildman–Crippen LogP) is 1.82. The molecule has 1 aromatic heterocycles. The Morgan fingerprint density at radius 1 is 1.50 bits per heavy atom. The Morgan fingerprint density at radius 2 is 2.44 bits per heavy atom. The van der Waals surface area contributed by atoms with Gasteiger partial charge < -0.3 is 15.4 Å². The van der Waals surface area contributed by atoms with E-state index in [-0.39, 0.29) is 12.3 Å². The molecule has 1 saturated heterocycles. The van der Waals surface area contributed by atoms with Gasteiger partial charge in [0.05, 0.1) is 11.7 Å². The highest BCUT2D eigenvalue weighted by molar-refractivity contribution is 5.92. The zero-order valence-corrected chi connectivity index (χ0v) is 9.77. The largest absolute Gasteiger partial charge is 0.358 e. The minimum atomic E-state index is -0.249. The maximum absolute atomic E-state index is 11.7. The minimum absolute atomic E-state index is 0.166. The zero-order chi connectivity index (χ0) is 12.4. The Kier molecular flexibility index (Phi) is 2.85. The number of hydrogen-bond acceptors (Lipinski definition) is 3. The van der Waals surface area contributed by atoms with Crippen LogP contribution >= 0.6 is 0 Å². The number of anilines is 1. The maximum Gasteiger partial charge on any atom is 0.321 e. The molecule has 18 heavy (non-hydrogen) atoms. The number of fused-ring (bicyclic) bond motifs is 1. The lowest BCUT2D eigenvalue weighted by Crippen LogP contribution is -2.37. The summed E-state index contributed by atoms with van der Waals surface area (Å²) in [7, 11) is 0. The van der Waals surface area contributed by atoms with Gasteiger partial charge in [-0.15, -0.1) is 0 Å². The van der Waals surface area contributed by atoms with Crippen LogP contribution in [-0.2, 0) is 4.74 Å². The molecule has 2 heterocycles. The molecule has 1 aliphatic heterocycles. The van der Waals surface area contributed by atoms with Crippen molar-refractivity contribution in [1.82, 2.24) is 15.5 Å². The van der Waals surface area contributed by atoms with Gasteiger partial charge in [0, 0.05) is 17.7 Å². The molecular weight excluding hydrogens is 232 g/mol. The predicted molar refractivity (Wildman–Crippen MR) is 67.2 cm³/mol. The van der Waals surface area contributed by atoms with Gasteiger partial charge in [-0.25, -0.2) is 4.79 Å². The second-order valence-electron chi connectivity index (χ2n) is 4.27. The lowest BCUT2D eigenvalue weighted by molar-refractivity contribution is 0.0928. The van der Waals surface area contributed by atoms with Crippen molar-refractivity contribution in [3.8, 4) is 0 Å². The molecular formula is C12H14N4O2. The number of H-pyrrole nitrogens is 1. The number of aromatic amines is 1. The van der Waals surface area contributed by atoms with Crippen LogP contribution in [0.3, 0.4) is 0 Å². The van der Waals surface area contributed by atoms with Gasteiger partial charge in [0.15, 0.2) is 0 Å². The number of nitrogens with one attached hydrogen (secondary N) is 3. The SMILES string of the molecule is O=C(Nc1ccc2cn[nH]c2c1)NC1CCCO1. The first-order chi connectivity index (χ1) is 8.81. The van der Waals surface area contributed by atoms with Crippen molar-refractivity contribution in [1.29, 1.82) is 0 Å². The Hall–Kier alpha value is -2.08. The van der Waals surface area contributed by atoms with E-state index in [1.165, 1.54) is 0 Å². The fourth-order valence-corrected chi connectivity index (χ4v) is 2.02. The number of ether oxygens (including phenoxy) is 1. The van der Waals surface area contributed by atoms with Crippen LogP contribution in [0.5, 0.6) is 0 Å². The van der Waals surface area contributed by atoms with Gasteiger partial charge in [0.1, 0.15) is 6.23 Å². The van der Waals surface area contributed by atoms with E-state index in [9.17, 15) is 4.79 Å². The van der Waals surface area contributed by atoms with Crippen LogP contribution in [0, 0.1) is 0 Å². The summed E-state index contributed by atoms with van der Waals surface area (Å²) in [5.41, 5.74) is 1.62. The second-order valence-corrected chi connectivity index (χ2v) is 4.27. The molecule has 6 nitrogen and oxygen atoms in total. The van der Waals surface area contributed by atoms with E-state index in [4.69, 9.17) is 4.74 Å². The summed E-state index contributed by atoms with van der Waals surface area (Å²) in [6.07, 6.45) is 3.43. The summed E-state index contributed by atoms with van der Waals surface area (Å²) in [4.78, 5) is 11.7. The normalized spacial score (nSPS) is 19.0. The summed E-state index contributed by atoms with van der Waals surface area (Å²) in [5, 5.41) is 13.3. The molecule has 3 N–H and O–H groups in total. The van der Waals surface area contributed by atoms with Gasteiger partial charge in [0.25, 0.3) is 0 Å². The van der Waals surface area contributed by atoms with Crippen LogP contribution in [0.1, 0.15) is 12.8 Å². The number of carbonyl (C=O) groups is 1. The van der Waals surface area contributed by atoms with Gasteiger partial charge in [-0.2, -0.15) is 5.10 Å². The van der Waals surface area contributed by atoms with Crippen molar-refractivity contribution in [2.45, 2.75) is 19.1 Å². The van der Waals surface area contributed by atoms with E-state index in [0.29, 0.717) is 6.61 Å². The summed E-state index contributed by atoms with van der Waals surface area (Å²) in [5.74, 6) is 0. The molecule has 94 valence electrons. The first-order valence-corrected chi connectivity index (χ1v) is 5.93. The van der Waals surface area contributed by atoms with Gasteiger partial charge in [-0.05, 0) is 31.0 Å². The molecule has 1 aliphatic rings. The number of benzene rings is 1. The molecule has 1 aromatic carbocycles. The summed E-state index contributed by atoms with van der Waals surface area (Å²) >= 11 is 0. The van der Waals surface area contributed by atoms with Crippen LogP contribution in [0.2, 0.25) is 0 Å². The van der Waals surface area contributed by atoms with Crippen molar-refractivity contribution in [2.75, 3.05) is 11.9 Å². The van der Waals surface area contributed by atoms with Crippen molar-refractivity contribution < 1.29 is 9.53 Å². The quantitative estimate of drug-likeness (QED) is 0.756. The Morgan fingerprint density at radius 3 is 3.28 bits per heavy atom. The molecule has 0 radical (unpaired) electrons. The van der Waals surface area contributed by atoms with E-state index in [1.54, 1.807) is 6.20 Å². The minimum Gasteiger partial charge on any atom is -0.358 e. The van der Waals surface area contributed by atoms with E-state index in [2.05, 4.69) is 20.8 Å².